The standard InChI is InChI=1S/C10H11ClN2O3S/c1-3-16-10-8-6-7(17(11,14)15)4-5-9(8)13(2)12-10/h4-6H,3H2,1-2H3. The van der Waals surface area contributed by atoms with E-state index in [1.54, 1.807) is 17.8 Å². The summed E-state index contributed by atoms with van der Waals surface area (Å²) in [4.78, 5) is 0.0422. The Morgan fingerprint density at radius 3 is 2.76 bits per heavy atom. The molecule has 7 heteroatoms. The van der Waals surface area contributed by atoms with Crippen molar-refractivity contribution in [1.82, 2.24) is 9.78 Å². The van der Waals surface area contributed by atoms with Gasteiger partial charge in [0.1, 0.15) is 0 Å². The minimum atomic E-state index is -3.74. The molecule has 2 rings (SSSR count). The van der Waals surface area contributed by atoms with Crippen LogP contribution in [0.4, 0.5) is 0 Å². The molecular weight excluding hydrogens is 264 g/mol. The number of aryl methyl sites for hydroxylation is 1. The summed E-state index contributed by atoms with van der Waals surface area (Å²) in [7, 11) is 3.33. The maximum Gasteiger partial charge on any atom is 0.261 e. The lowest BCUT2D eigenvalue weighted by atomic mass is 10.2. The zero-order valence-corrected chi connectivity index (χ0v) is 10.9. The number of hydrogen-bond acceptors (Lipinski definition) is 4. The lowest BCUT2D eigenvalue weighted by Crippen LogP contribution is -1.94. The normalized spacial score (nSPS) is 11.9. The van der Waals surface area contributed by atoms with Crippen molar-refractivity contribution in [3.63, 3.8) is 0 Å². The quantitative estimate of drug-likeness (QED) is 0.802. The molecule has 1 heterocycles. The number of ether oxygens (including phenoxy) is 1. The van der Waals surface area contributed by atoms with Gasteiger partial charge in [-0.05, 0) is 25.1 Å². The molecule has 0 unspecified atom stereocenters. The largest absolute Gasteiger partial charge is 0.476 e. The third-order valence-corrected chi connectivity index (χ3v) is 3.70. The number of nitrogens with zero attached hydrogens (tertiary/aromatic N) is 2. The van der Waals surface area contributed by atoms with E-state index in [1.807, 2.05) is 6.92 Å². The third kappa shape index (κ3) is 2.23. The molecule has 0 saturated carbocycles. The summed E-state index contributed by atoms with van der Waals surface area (Å²) < 4.78 is 29.5. The van der Waals surface area contributed by atoms with Gasteiger partial charge in [0.05, 0.1) is 22.4 Å². The number of aromatic nitrogens is 2. The van der Waals surface area contributed by atoms with Crippen LogP contribution in [0.25, 0.3) is 10.9 Å². The van der Waals surface area contributed by atoms with E-state index in [0.717, 1.165) is 5.52 Å². The number of benzene rings is 1. The van der Waals surface area contributed by atoms with Crippen LogP contribution in [0.1, 0.15) is 6.92 Å². The van der Waals surface area contributed by atoms with Crippen LogP contribution in [-0.4, -0.2) is 24.8 Å². The second-order valence-corrected chi connectivity index (χ2v) is 6.04. The Morgan fingerprint density at radius 2 is 2.18 bits per heavy atom. The van der Waals surface area contributed by atoms with Crippen molar-refractivity contribution in [1.29, 1.82) is 0 Å². The Morgan fingerprint density at radius 1 is 1.47 bits per heavy atom. The Labute approximate surface area is 103 Å². The van der Waals surface area contributed by atoms with Gasteiger partial charge < -0.3 is 4.74 Å². The molecule has 1 aromatic carbocycles. The summed E-state index contributed by atoms with van der Waals surface area (Å²) in [5.74, 6) is 0.409. The molecule has 0 N–H and O–H groups in total. The first-order valence-electron chi connectivity index (χ1n) is 4.97. The van der Waals surface area contributed by atoms with Crippen molar-refractivity contribution in [2.75, 3.05) is 6.61 Å². The van der Waals surface area contributed by atoms with Gasteiger partial charge in [-0.25, -0.2) is 8.42 Å². The molecule has 0 spiro atoms. The van der Waals surface area contributed by atoms with E-state index in [4.69, 9.17) is 15.4 Å². The van der Waals surface area contributed by atoms with Gasteiger partial charge in [0, 0.05) is 17.7 Å². The van der Waals surface area contributed by atoms with Crippen molar-refractivity contribution in [2.24, 2.45) is 7.05 Å². The van der Waals surface area contributed by atoms with Gasteiger partial charge in [0.15, 0.2) is 0 Å². The first-order chi connectivity index (χ1) is 7.93. The second kappa shape index (κ2) is 4.19. The molecule has 0 radical (unpaired) electrons. The van der Waals surface area contributed by atoms with Crippen LogP contribution < -0.4 is 4.74 Å². The summed E-state index contributed by atoms with van der Waals surface area (Å²) in [5.41, 5.74) is 0.789. The second-order valence-electron chi connectivity index (χ2n) is 3.48. The highest BCUT2D eigenvalue weighted by molar-refractivity contribution is 8.13. The fraction of sp³-hybridized carbons (Fsp3) is 0.300. The van der Waals surface area contributed by atoms with Crippen LogP contribution in [0.2, 0.25) is 0 Å². The zero-order chi connectivity index (χ0) is 12.6. The van der Waals surface area contributed by atoms with Crippen molar-refractivity contribution >= 4 is 30.6 Å². The molecule has 0 bridgehead atoms. The molecule has 0 atom stereocenters. The number of hydrogen-bond donors (Lipinski definition) is 0. The Bertz CT molecular complexity index is 663. The summed E-state index contributed by atoms with van der Waals surface area (Å²) in [6.45, 7) is 2.30. The molecule has 1 aromatic heterocycles. The molecule has 92 valence electrons. The number of rotatable bonds is 3. The minimum absolute atomic E-state index is 0.0422. The van der Waals surface area contributed by atoms with Crippen molar-refractivity contribution in [3.05, 3.63) is 18.2 Å². The molecule has 0 fully saturated rings. The molecule has 0 aliphatic heterocycles. The van der Waals surface area contributed by atoms with Gasteiger partial charge in [-0.15, -0.1) is 5.10 Å². The van der Waals surface area contributed by atoms with Gasteiger partial charge in [0.25, 0.3) is 9.05 Å². The van der Waals surface area contributed by atoms with E-state index in [0.29, 0.717) is 17.9 Å². The number of fused-ring (bicyclic) bond motifs is 1. The minimum Gasteiger partial charge on any atom is -0.476 e. The van der Waals surface area contributed by atoms with Crippen LogP contribution in [0.15, 0.2) is 23.1 Å². The average Bonchev–Trinajstić information content (AvgIpc) is 2.55. The predicted molar refractivity (Wildman–Crippen MR) is 64.9 cm³/mol. The van der Waals surface area contributed by atoms with Gasteiger partial charge in [-0.1, -0.05) is 0 Å². The van der Waals surface area contributed by atoms with E-state index in [1.165, 1.54) is 12.1 Å². The first kappa shape index (κ1) is 12.2. The Hall–Kier alpha value is -1.27. The maximum absolute atomic E-state index is 11.2. The van der Waals surface area contributed by atoms with Crippen LogP contribution in [0.3, 0.4) is 0 Å². The van der Waals surface area contributed by atoms with Crippen molar-refractivity contribution in [3.8, 4) is 5.88 Å². The highest BCUT2D eigenvalue weighted by Gasteiger charge is 2.15. The lowest BCUT2D eigenvalue weighted by molar-refractivity contribution is 0.326. The zero-order valence-electron chi connectivity index (χ0n) is 9.34. The van der Waals surface area contributed by atoms with Gasteiger partial charge >= 0.3 is 0 Å². The summed E-state index contributed by atoms with van der Waals surface area (Å²) in [6.07, 6.45) is 0. The lowest BCUT2D eigenvalue weighted by Gasteiger charge is -1.99. The van der Waals surface area contributed by atoms with Crippen molar-refractivity contribution in [2.45, 2.75) is 11.8 Å². The number of halogens is 1. The van der Waals surface area contributed by atoms with Crippen LogP contribution >= 0.6 is 10.7 Å². The predicted octanol–water partition coefficient (Wildman–Crippen LogP) is 1.90. The molecule has 17 heavy (non-hydrogen) atoms. The van der Waals surface area contributed by atoms with E-state index in [2.05, 4.69) is 5.10 Å². The smallest absolute Gasteiger partial charge is 0.261 e. The topological polar surface area (TPSA) is 61.2 Å². The highest BCUT2D eigenvalue weighted by Crippen LogP contribution is 2.28. The van der Waals surface area contributed by atoms with Crippen molar-refractivity contribution < 1.29 is 13.2 Å². The van der Waals surface area contributed by atoms with E-state index in [-0.39, 0.29) is 4.90 Å². The summed E-state index contributed by atoms with van der Waals surface area (Å²) in [5, 5.41) is 4.79. The van der Waals surface area contributed by atoms with Crippen LogP contribution in [0.5, 0.6) is 5.88 Å². The highest BCUT2D eigenvalue weighted by atomic mass is 35.7. The third-order valence-electron chi connectivity index (χ3n) is 2.35. The first-order valence-corrected chi connectivity index (χ1v) is 7.28. The van der Waals surface area contributed by atoms with E-state index >= 15 is 0 Å². The molecular formula is C10H11ClN2O3S. The van der Waals surface area contributed by atoms with Gasteiger partial charge in [-0.2, -0.15) is 0 Å². The van der Waals surface area contributed by atoms with Crippen LogP contribution in [0, 0.1) is 0 Å². The van der Waals surface area contributed by atoms with E-state index < -0.39 is 9.05 Å². The summed E-state index contributed by atoms with van der Waals surface area (Å²) in [6, 6.07) is 4.57. The average molecular weight is 275 g/mol. The fourth-order valence-corrected chi connectivity index (χ4v) is 2.38. The molecule has 0 aliphatic rings. The molecule has 0 aliphatic carbocycles. The van der Waals surface area contributed by atoms with Gasteiger partial charge in [0.2, 0.25) is 5.88 Å². The monoisotopic (exact) mass is 274 g/mol. The fourth-order valence-electron chi connectivity index (χ4n) is 1.61. The Kier molecular flexibility index (Phi) is 3.01. The van der Waals surface area contributed by atoms with E-state index in [9.17, 15) is 8.42 Å². The summed E-state index contributed by atoms with van der Waals surface area (Å²) >= 11 is 0. The SMILES string of the molecule is CCOc1nn(C)c2ccc(S(=O)(=O)Cl)cc12. The van der Waals surface area contributed by atoms with Gasteiger partial charge in [-0.3, -0.25) is 4.68 Å². The molecule has 0 saturated heterocycles. The maximum atomic E-state index is 11.2. The Balaban J connectivity index is 2.70. The molecule has 2 aromatic rings. The van der Waals surface area contributed by atoms with Crippen LogP contribution in [-0.2, 0) is 16.1 Å². The molecule has 5 nitrogen and oxygen atoms in total. The molecule has 0 amide bonds.